The molecule has 0 bridgehead atoms. The molecule has 0 aliphatic rings. The first kappa shape index (κ1) is 13.1. The number of carbonyl (C=O) groups is 1. The third-order valence-corrected chi connectivity index (χ3v) is 3.04. The summed E-state index contributed by atoms with van der Waals surface area (Å²) < 4.78 is 0. The molecule has 0 radical (unpaired) electrons. The van der Waals surface area contributed by atoms with Gasteiger partial charge in [0.2, 0.25) is 5.91 Å². The number of nitrogens with two attached hydrogens (primary N) is 1. The first-order chi connectivity index (χ1) is 9.20. The smallest absolute Gasteiger partial charge is 0.225 e. The molecule has 0 fully saturated rings. The number of nitrogens with zero attached hydrogens (tertiary/aromatic N) is 1. The Labute approximate surface area is 112 Å². The van der Waals surface area contributed by atoms with Gasteiger partial charge in [-0.25, -0.2) is 0 Å². The fourth-order valence-electron chi connectivity index (χ4n) is 1.90. The largest absolute Gasteiger partial charge is 0.399 e. The highest BCUT2D eigenvalue weighted by atomic mass is 16.1. The maximum atomic E-state index is 11.9. The second kappa shape index (κ2) is 6.04. The molecule has 0 aliphatic carbocycles. The van der Waals surface area contributed by atoms with Crippen molar-refractivity contribution in [3.8, 4) is 0 Å². The molecule has 2 rings (SSSR count). The van der Waals surface area contributed by atoms with Crippen molar-refractivity contribution in [2.24, 2.45) is 0 Å². The van der Waals surface area contributed by atoms with Crippen LogP contribution < -0.4 is 11.1 Å². The van der Waals surface area contributed by atoms with Gasteiger partial charge in [-0.15, -0.1) is 0 Å². The van der Waals surface area contributed by atoms with Crippen LogP contribution in [-0.2, 0) is 17.6 Å². The van der Waals surface area contributed by atoms with Gasteiger partial charge in [0.1, 0.15) is 5.82 Å². The van der Waals surface area contributed by atoms with Crippen LogP contribution in [0.15, 0.2) is 30.5 Å². The van der Waals surface area contributed by atoms with Crippen molar-refractivity contribution < 1.29 is 4.79 Å². The van der Waals surface area contributed by atoms with E-state index < -0.39 is 0 Å². The van der Waals surface area contributed by atoms with Gasteiger partial charge >= 0.3 is 0 Å². The van der Waals surface area contributed by atoms with Crippen LogP contribution in [-0.4, -0.2) is 16.1 Å². The first-order valence-corrected chi connectivity index (χ1v) is 6.36. The summed E-state index contributed by atoms with van der Waals surface area (Å²) in [6.07, 6.45) is 3.59. The van der Waals surface area contributed by atoms with E-state index in [2.05, 4.69) is 15.5 Å². The van der Waals surface area contributed by atoms with Gasteiger partial charge in [0.15, 0.2) is 0 Å². The second-order valence-electron chi connectivity index (χ2n) is 4.37. The number of H-pyrrole nitrogens is 1. The van der Waals surface area contributed by atoms with Gasteiger partial charge in [0, 0.05) is 17.7 Å². The molecule has 0 saturated carbocycles. The fraction of sp³-hybridized carbons (Fsp3) is 0.286. The van der Waals surface area contributed by atoms with Crippen LogP contribution >= 0.6 is 0 Å². The lowest BCUT2D eigenvalue weighted by Gasteiger charge is -2.06. The summed E-state index contributed by atoms with van der Waals surface area (Å²) in [5, 5.41) is 9.54. The van der Waals surface area contributed by atoms with E-state index in [0.717, 1.165) is 23.2 Å². The van der Waals surface area contributed by atoms with Crippen LogP contribution in [0, 0.1) is 0 Å². The molecule has 0 aliphatic heterocycles. The van der Waals surface area contributed by atoms with Crippen molar-refractivity contribution in [2.75, 3.05) is 11.1 Å². The third-order valence-electron chi connectivity index (χ3n) is 3.04. The minimum atomic E-state index is -0.0396. The molecule has 1 heterocycles. The van der Waals surface area contributed by atoms with Gasteiger partial charge in [-0.3, -0.25) is 9.89 Å². The Morgan fingerprint density at radius 2 is 2.16 bits per heavy atom. The van der Waals surface area contributed by atoms with E-state index in [-0.39, 0.29) is 5.91 Å². The van der Waals surface area contributed by atoms with Gasteiger partial charge in [0.25, 0.3) is 0 Å². The number of aryl methyl sites for hydroxylation is 2. The summed E-state index contributed by atoms with van der Waals surface area (Å²) in [6.45, 7) is 2.02. The molecule has 0 unspecified atom stereocenters. The number of carbonyl (C=O) groups excluding carboxylic acids is 1. The highest BCUT2D eigenvalue weighted by molar-refractivity contribution is 5.90. The molecular weight excluding hydrogens is 240 g/mol. The molecule has 19 heavy (non-hydrogen) atoms. The predicted molar refractivity (Wildman–Crippen MR) is 75.8 cm³/mol. The van der Waals surface area contributed by atoms with Crippen molar-refractivity contribution in [1.82, 2.24) is 10.2 Å². The third kappa shape index (κ3) is 3.34. The number of nitrogen functional groups attached to an aromatic ring is 1. The van der Waals surface area contributed by atoms with E-state index >= 15 is 0 Å². The van der Waals surface area contributed by atoms with Gasteiger partial charge in [-0.05, 0) is 24.5 Å². The molecule has 1 aromatic heterocycles. The number of aromatic amines is 1. The molecule has 1 aromatic carbocycles. The molecule has 5 heteroatoms. The Morgan fingerprint density at radius 1 is 1.37 bits per heavy atom. The molecule has 1 amide bonds. The number of hydrogen-bond acceptors (Lipinski definition) is 3. The number of anilines is 2. The number of amides is 1. The molecule has 2 aromatic rings. The number of nitrogens with one attached hydrogen (secondary N) is 2. The summed E-state index contributed by atoms with van der Waals surface area (Å²) in [5.41, 5.74) is 8.57. The van der Waals surface area contributed by atoms with Crippen LogP contribution in [0.4, 0.5) is 11.5 Å². The highest BCUT2D eigenvalue weighted by Crippen LogP contribution is 2.14. The van der Waals surface area contributed by atoms with E-state index in [1.54, 1.807) is 6.20 Å². The number of rotatable bonds is 5. The standard InChI is InChI=1S/C14H18N4O/c1-2-10-9-16-18-14(10)17-13(19)8-7-11-5-3-4-6-12(11)15/h3-6,9H,2,7-8,15H2,1H3,(H2,16,17,18,19). The van der Waals surface area contributed by atoms with Crippen LogP contribution in [0.3, 0.4) is 0 Å². The van der Waals surface area contributed by atoms with Crippen molar-refractivity contribution in [3.63, 3.8) is 0 Å². The number of hydrogen-bond donors (Lipinski definition) is 3. The van der Waals surface area contributed by atoms with E-state index in [1.807, 2.05) is 31.2 Å². The lowest BCUT2D eigenvalue weighted by Crippen LogP contribution is -2.14. The maximum Gasteiger partial charge on any atom is 0.225 e. The summed E-state index contributed by atoms with van der Waals surface area (Å²) in [4.78, 5) is 11.9. The zero-order valence-electron chi connectivity index (χ0n) is 10.9. The van der Waals surface area contributed by atoms with Crippen molar-refractivity contribution in [3.05, 3.63) is 41.6 Å². The highest BCUT2D eigenvalue weighted by Gasteiger charge is 2.08. The Hall–Kier alpha value is -2.30. The van der Waals surface area contributed by atoms with Crippen molar-refractivity contribution >= 4 is 17.4 Å². The average Bonchev–Trinajstić information content (AvgIpc) is 2.85. The Bertz CT molecular complexity index is 562. The zero-order chi connectivity index (χ0) is 13.7. The Kier molecular flexibility index (Phi) is 4.18. The fourth-order valence-corrected chi connectivity index (χ4v) is 1.90. The monoisotopic (exact) mass is 258 g/mol. The van der Waals surface area contributed by atoms with Crippen LogP contribution in [0.5, 0.6) is 0 Å². The Morgan fingerprint density at radius 3 is 2.89 bits per heavy atom. The molecule has 4 N–H and O–H groups in total. The lowest BCUT2D eigenvalue weighted by molar-refractivity contribution is -0.116. The quantitative estimate of drug-likeness (QED) is 0.718. The minimum Gasteiger partial charge on any atom is -0.399 e. The normalized spacial score (nSPS) is 10.4. The minimum absolute atomic E-state index is 0.0396. The van der Waals surface area contributed by atoms with Crippen molar-refractivity contribution in [2.45, 2.75) is 26.2 Å². The molecule has 0 saturated heterocycles. The lowest BCUT2D eigenvalue weighted by atomic mass is 10.1. The van der Waals surface area contributed by atoms with Crippen LogP contribution in [0.25, 0.3) is 0 Å². The average molecular weight is 258 g/mol. The summed E-state index contributed by atoms with van der Waals surface area (Å²) in [5.74, 6) is 0.649. The summed E-state index contributed by atoms with van der Waals surface area (Å²) in [7, 11) is 0. The summed E-state index contributed by atoms with van der Waals surface area (Å²) >= 11 is 0. The molecule has 5 nitrogen and oxygen atoms in total. The predicted octanol–water partition coefficient (Wildman–Crippen LogP) is 2.13. The van der Waals surface area contributed by atoms with Gasteiger partial charge in [0.05, 0.1) is 6.20 Å². The Balaban J connectivity index is 1.90. The van der Waals surface area contributed by atoms with Crippen molar-refractivity contribution in [1.29, 1.82) is 0 Å². The number of aromatic nitrogens is 2. The number of para-hydroxylation sites is 1. The van der Waals surface area contributed by atoms with Crippen LogP contribution in [0.1, 0.15) is 24.5 Å². The zero-order valence-corrected chi connectivity index (χ0v) is 10.9. The van der Waals surface area contributed by atoms with Gasteiger partial charge in [-0.2, -0.15) is 5.10 Å². The van der Waals surface area contributed by atoms with E-state index in [1.165, 1.54) is 0 Å². The van der Waals surface area contributed by atoms with Gasteiger partial charge in [-0.1, -0.05) is 25.1 Å². The van der Waals surface area contributed by atoms with Crippen LogP contribution in [0.2, 0.25) is 0 Å². The topological polar surface area (TPSA) is 83.8 Å². The number of benzene rings is 1. The molecule has 100 valence electrons. The van der Waals surface area contributed by atoms with E-state index in [9.17, 15) is 4.79 Å². The second-order valence-corrected chi connectivity index (χ2v) is 4.37. The first-order valence-electron chi connectivity index (χ1n) is 6.36. The van der Waals surface area contributed by atoms with E-state index in [4.69, 9.17) is 5.73 Å². The molecule has 0 spiro atoms. The molecular formula is C14H18N4O. The van der Waals surface area contributed by atoms with Gasteiger partial charge < -0.3 is 11.1 Å². The molecule has 0 atom stereocenters. The SMILES string of the molecule is CCc1cn[nH]c1NC(=O)CCc1ccccc1N. The maximum absolute atomic E-state index is 11.9. The van der Waals surface area contributed by atoms with E-state index in [0.29, 0.717) is 18.7 Å². The summed E-state index contributed by atoms with van der Waals surface area (Å²) in [6, 6.07) is 7.60.